The zero-order chi connectivity index (χ0) is 12.2. The lowest BCUT2D eigenvalue weighted by molar-refractivity contribution is -0.116. The molecule has 0 saturated heterocycles. The highest BCUT2D eigenvalue weighted by Gasteiger charge is 2.12. The number of hydrogen-bond donors (Lipinski definition) is 1. The monoisotopic (exact) mass is 219 g/mol. The molecule has 2 heteroatoms. The van der Waals surface area contributed by atoms with Crippen LogP contribution >= 0.6 is 0 Å². The summed E-state index contributed by atoms with van der Waals surface area (Å²) in [5.74, 6) is 0.0977. The third kappa shape index (κ3) is 4.96. The number of amides is 1. The van der Waals surface area contributed by atoms with Crippen molar-refractivity contribution < 1.29 is 4.79 Å². The van der Waals surface area contributed by atoms with E-state index in [2.05, 4.69) is 26.1 Å². The summed E-state index contributed by atoms with van der Waals surface area (Å²) in [5.41, 5.74) is 2.26. The highest BCUT2D eigenvalue weighted by atomic mass is 16.1. The van der Waals surface area contributed by atoms with Crippen molar-refractivity contribution in [1.82, 2.24) is 0 Å². The Morgan fingerprint density at radius 1 is 1.31 bits per heavy atom. The highest BCUT2D eigenvalue weighted by Crippen LogP contribution is 2.21. The van der Waals surface area contributed by atoms with Gasteiger partial charge in [0.15, 0.2) is 0 Å². The predicted octanol–water partition coefficient (Wildman–Crippen LogP) is 3.76. The molecule has 1 N–H and O–H groups in total. The van der Waals surface area contributed by atoms with E-state index >= 15 is 0 Å². The van der Waals surface area contributed by atoms with Gasteiger partial charge in [-0.3, -0.25) is 4.79 Å². The van der Waals surface area contributed by atoms with E-state index in [1.807, 2.05) is 31.2 Å². The fourth-order valence-corrected chi connectivity index (χ4v) is 1.43. The third-order valence-electron chi connectivity index (χ3n) is 2.40. The molecule has 1 amide bonds. The number of rotatable bonds is 3. The maximum absolute atomic E-state index is 11.7. The van der Waals surface area contributed by atoms with E-state index in [0.29, 0.717) is 6.42 Å². The molecular weight excluding hydrogens is 198 g/mol. The molecule has 2 nitrogen and oxygen atoms in total. The first-order valence-corrected chi connectivity index (χ1v) is 5.73. The fraction of sp³-hybridized carbons (Fsp3) is 0.500. The molecule has 88 valence electrons. The molecule has 0 fully saturated rings. The summed E-state index contributed by atoms with van der Waals surface area (Å²) in [6.45, 7) is 8.46. The summed E-state index contributed by atoms with van der Waals surface area (Å²) in [6, 6.07) is 7.87. The summed E-state index contributed by atoms with van der Waals surface area (Å²) in [4.78, 5) is 11.7. The van der Waals surface area contributed by atoms with Gasteiger partial charge in [-0.05, 0) is 36.5 Å². The lowest BCUT2D eigenvalue weighted by atomic mass is 9.90. The minimum atomic E-state index is 0.0977. The average Bonchev–Trinajstić information content (AvgIpc) is 2.14. The number of benzene rings is 1. The summed E-state index contributed by atoms with van der Waals surface area (Å²) in [6.07, 6.45) is 1.49. The molecule has 0 saturated carbocycles. The largest absolute Gasteiger partial charge is 0.326 e. The van der Waals surface area contributed by atoms with Gasteiger partial charge >= 0.3 is 0 Å². The molecule has 1 aromatic rings. The van der Waals surface area contributed by atoms with Crippen molar-refractivity contribution in [3.8, 4) is 0 Å². The number of aryl methyl sites for hydroxylation is 1. The molecule has 1 rings (SSSR count). The molecule has 0 bridgehead atoms. The SMILES string of the molecule is Cc1cccc(NC(=O)CCC(C)(C)C)c1. The van der Waals surface area contributed by atoms with E-state index in [9.17, 15) is 4.79 Å². The average molecular weight is 219 g/mol. The molecule has 0 radical (unpaired) electrons. The summed E-state index contributed by atoms with van der Waals surface area (Å²) in [7, 11) is 0. The zero-order valence-electron chi connectivity index (χ0n) is 10.6. The first kappa shape index (κ1) is 12.8. The third-order valence-corrected chi connectivity index (χ3v) is 2.40. The van der Waals surface area contributed by atoms with Gasteiger partial charge in [0.25, 0.3) is 0 Å². The second-order valence-electron chi connectivity index (χ2n) is 5.48. The molecule has 0 heterocycles. The summed E-state index contributed by atoms with van der Waals surface area (Å²) >= 11 is 0. The van der Waals surface area contributed by atoms with Crippen molar-refractivity contribution in [2.24, 2.45) is 5.41 Å². The molecule has 0 atom stereocenters. The Balaban J connectivity index is 2.46. The molecular formula is C14H21NO. The summed E-state index contributed by atoms with van der Waals surface area (Å²) < 4.78 is 0. The molecule has 0 aliphatic carbocycles. The highest BCUT2D eigenvalue weighted by molar-refractivity contribution is 5.90. The van der Waals surface area contributed by atoms with Crippen molar-refractivity contribution in [2.75, 3.05) is 5.32 Å². The normalized spacial score (nSPS) is 11.2. The van der Waals surface area contributed by atoms with Crippen molar-refractivity contribution in [3.63, 3.8) is 0 Å². The van der Waals surface area contributed by atoms with Gasteiger partial charge in [0.2, 0.25) is 5.91 Å². The molecule has 0 aromatic heterocycles. The topological polar surface area (TPSA) is 29.1 Å². The van der Waals surface area contributed by atoms with E-state index in [0.717, 1.165) is 17.7 Å². The Labute approximate surface area is 98.1 Å². The van der Waals surface area contributed by atoms with Gasteiger partial charge in [-0.15, -0.1) is 0 Å². The molecule has 0 aliphatic heterocycles. The van der Waals surface area contributed by atoms with Gasteiger partial charge in [-0.2, -0.15) is 0 Å². The van der Waals surface area contributed by atoms with Crippen LogP contribution < -0.4 is 5.32 Å². The van der Waals surface area contributed by atoms with Gasteiger partial charge < -0.3 is 5.32 Å². The van der Waals surface area contributed by atoms with Crippen LogP contribution in [0.3, 0.4) is 0 Å². The van der Waals surface area contributed by atoms with Crippen molar-refractivity contribution in [3.05, 3.63) is 29.8 Å². The molecule has 0 spiro atoms. The van der Waals surface area contributed by atoms with E-state index < -0.39 is 0 Å². The molecule has 1 aromatic carbocycles. The number of anilines is 1. The van der Waals surface area contributed by atoms with Gasteiger partial charge in [0.1, 0.15) is 0 Å². The van der Waals surface area contributed by atoms with Crippen LogP contribution in [0.25, 0.3) is 0 Å². The number of nitrogens with one attached hydrogen (secondary N) is 1. The minimum absolute atomic E-state index is 0.0977. The fourth-order valence-electron chi connectivity index (χ4n) is 1.43. The van der Waals surface area contributed by atoms with Crippen LogP contribution in [0.2, 0.25) is 0 Å². The van der Waals surface area contributed by atoms with E-state index in [1.165, 1.54) is 0 Å². The van der Waals surface area contributed by atoms with Crippen LogP contribution in [0.15, 0.2) is 24.3 Å². The van der Waals surface area contributed by atoms with E-state index in [4.69, 9.17) is 0 Å². The van der Waals surface area contributed by atoms with Crippen molar-refractivity contribution in [2.45, 2.75) is 40.5 Å². The van der Waals surface area contributed by atoms with Crippen molar-refractivity contribution >= 4 is 11.6 Å². The molecule has 0 unspecified atom stereocenters. The Bertz CT molecular complexity index is 363. The van der Waals surface area contributed by atoms with Gasteiger partial charge in [0, 0.05) is 12.1 Å². The quantitative estimate of drug-likeness (QED) is 0.824. The van der Waals surface area contributed by atoms with Crippen LogP contribution in [0, 0.1) is 12.3 Å². The number of carbonyl (C=O) groups excluding carboxylic acids is 1. The Morgan fingerprint density at radius 2 is 2.00 bits per heavy atom. The van der Waals surface area contributed by atoms with Crippen LogP contribution in [0.5, 0.6) is 0 Å². The second-order valence-corrected chi connectivity index (χ2v) is 5.48. The van der Waals surface area contributed by atoms with Crippen LogP contribution in [0.4, 0.5) is 5.69 Å². The van der Waals surface area contributed by atoms with Crippen LogP contribution in [0.1, 0.15) is 39.2 Å². The minimum Gasteiger partial charge on any atom is -0.326 e. The second kappa shape index (κ2) is 5.15. The Kier molecular flexibility index (Phi) is 4.11. The van der Waals surface area contributed by atoms with Gasteiger partial charge in [0.05, 0.1) is 0 Å². The molecule has 0 aliphatic rings. The van der Waals surface area contributed by atoms with Crippen molar-refractivity contribution in [1.29, 1.82) is 0 Å². The lowest BCUT2D eigenvalue weighted by Crippen LogP contribution is -2.15. The molecule has 16 heavy (non-hydrogen) atoms. The van der Waals surface area contributed by atoms with Gasteiger partial charge in [-0.1, -0.05) is 32.9 Å². The number of carbonyl (C=O) groups is 1. The van der Waals surface area contributed by atoms with Crippen LogP contribution in [-0.4, -0.2) is 5.91 Å². The van der Waals surface area contributed by atoms with E-state index in [-0.39, 0.29) is 11.3 Å². The Hall–Kier alpha value is -1.31. The Morgan fingerprint density at radius 3 is 2.56 bits per heavy atom. The lowest BCUT2D eigenvalue weighted by Gasteiger charge is -2.17. The maximum Gasteiger partial charge on any atom is 0.224 e. The summed E-state index contributed by atoms with van der Waals surface area (Å²) in [5, 5.41) is 2.92. The van der Waals surface area contributed by atoms with Crippen LogP contribution in [-0.2, 0) is 4.79 Å². The number of hydrogen-bond acceptors (Lipinski definition) is 1. The smallest absolute Gasteiger partial charge is 0.224 e. The maximum atomic E-state index is 11.7. The first-order chi connectivity index (χ1) is 7.37. The van der Waals surface area contributed by atoms with Gasteiger partial charge in [-0.25, -0.2) is 0 Å². The standard InChI is InChI=1S/C14H21NO/c1-11-6-5-7-12(10-11)15-13(16)8-9-14(2,3)4/h5-7,10H,8-9H2,1-4H3,(H,15,16). The predicted molar refractivity (Wildman–Crippen MR) is 68.5 cm³/mol. The first-order valence-electron chi connectivity index (χ1n) is 5.73. The van der Waals surface area contributed by atoms with E-state index in [1.54, 1.807) is 0 Å². The zero-order valence-corrected chi connectivity index (χ0v) is 10.6.